The molecule has 1 saturated carbocycles. The van der Waals surface area contributed by atoms with Crippen LogP contribution >= 0.6 is 0 Å². The average Bonchev–Trinajstić information content (AvgIpc) is 3.15. The van der Waals surface area contributed by atoms with Gasteiger partial charge in [0.2, 0.25) is 5.91 Å². The highest BCUT2D eigenvalue weighted by Crippen LogP contribution is 2.54. The van der Waals surface area contributed by atoms with Gasteiger partial charge in [-0.15, -0.1) is 0 Å². The summed E-state index contributed by atoms with van der Waals surface area (Å²) in [5.41, 5.74) is 3.21. The highest BCUT2D eigenvalue weighted by atomic mass is 19.1. The Balaban J connectivity index is 1.16. The number of ether oxygens (including phenoxy) is 1. The first-order valence-corrected chi connectivity index (χ1v) is 13.4. The van der Waals surface area contributed by atoms with E-state index in [1.165, 1.54) is 11.1 Å². The van der Waals surface area contributed by atoms with Gasteiger partial charge >= 0.3 is 0 Å². The number of rotatable bonds is 5. The lowest BCUT2D eigenvalue weighted by atomic mass is 9.83. The molecule has 3 aromatic rings. The Kier molecular flexibility index (Phi) is 6.07. The number of hydrogen-bond acceptors (Lipinski definition) is 5. The van der Waals surface area contributed by atoms with Crippen molar-refractivity contribution in [3.63, 3.8) is 0 Å². The number of alkyl halides is 1. The fourth-order valence-corrected chi connectivity index (χ4v) is 6.66. The van der Waals surface area contributed by atoms with E-state index in [9.17, 15) is 9.18 Å². The number of aryl methyl sites for hydroxylation is 2. The maximum atomic E-state index is 14.5. The van der Waals surface area contributed by atoms with Crippen LogP contribution in [0.5, 0.6) is 0 Å². The monoisotopic (exact) mass is 505 g/mol. The molecule has 196 valence electrons. The van der Waals surface area contributed by atoms with Crippen LogP contribution in [0.3, 0.4) is 0 Å². The standard InChI is InChI=1S/C29H36FN5O2/c1-17-9-21-12-31-25(33-28(36)27-18(2)26(27)22-13-32-34(4)14-22)11-20(21)10-23(17)19-5-7-35(8-6-19)29(3)16-37-15-24(29)30/h9-14,18-19,24,26-27H,5-8,15-16H2,1-4H3,(H,31,33,36)/t18-,24+,26-,27+,29-/m0/s1. The summed E-state index contributed by atoms with van der Waals surface area (Å²) in [6.07, 6.45) is 6.77. The highest BCUT2D eigenvalue weighted by Gasteiger charge is 2.53. The second kappa shape index (κ2) is 9.17. The molecule has 1 N–H and O–H groups in total. The minimum Gasteiger partial charge on any atom is -0.376 e. The molecule has 7 nitrogen and oxygen atoms in total. The van der Waals surface area contributed by atoms with E-state index < -0.39 is 11.7 Å². The summed E-state index contributed by atoms with van der Waals surface area (Å²) < 4.78 is 21.7. The van der Waals surface area contributed by atoms with E-state index >= 15 is 0 Å². The zero-order valence-corrected chi connectivity index (χ0v) is 22.1. The molecular weight excluding hydrogens is 469 g/mol. The average molecular weight is 506 g/mol. The van der Waals surface area contributed by atoms with Gasteiger partial charge in [0.15, 0.2) is 0 Å². The van der Waals surface area contributed by atoms with Crippen molar-refractivity contribution in [2.45, 2.75) is 57.2 Å². The van der Waals surface area contributed by atoms with Crippen molar-refractivity contribution in [1.82, 2.24) is 19.7 Å². The SMILES string of the molecule is Cc1cc2cnc(NC(=O)[C@@H]3[C@@H](C)[C@H]3c3cnn(C)c3)cc2cc1C1CCN([C@@]2(C)COC[C@H]2F)CC1. The number of fused-ring (bicyclic) bond motifs is 1. The lowest BCUT2D eigenvalue weighted by Crippen LogP contribution is -2.55. The maximum Gasteiger partial charge on any atom is 0.229 e. The fraction of sp³-hybridized carbons (Fsp3) is 0.552. The summed E-state index contributed by atoms with van der Waals surface area (Å²) in [4.78, 5) is 19.9. The first-order chi connectivity index (χ1) is 17.7. The Morgan fingerprint density at radius 1 is 1.19 bits per heavy atom. The van der Waals surface area contributed by atoms with Crippen LogP contribution in [-0.2, 0) is 16.6 Å². The maximum absolute atomic E-state index is 14.5. The van der Waals surface area contributed by atoms with E-state index in [1.54, 1.807) is 4.68 Å². The second-order valence-corrected chi connectivity index (χ2v) is 11.6. The molecule has 0 radical (unpaired) electrons. The van der Waals surface area contributed by atoms with Gasteiger partial charge in [0.05, 0.1) is 24.9 Å². The number of anilines is 1. The van der Waals surface area contributed by atoms with Crippen molar-refractivity contribution < 1.29 is 13.9 Å². The molecule has 6 rings (SSSR count). The molecular formula is C29H36FN5O2. The number of hydrogen-bond donors (Lipinski definition) is 1. The van der Waals surface area contributed by atoms with Gasteiger partial charge in [-0.1, -0.05) is 13.0 Å². The molecule has 2 aromatic heterocycles. The Morgan fingerprint density at radius 2 is 1.97 bits per heavy atom. The molecule has 2 aliphatic heterocycles. The molecule has 8 heteroatoms. The number of aromatic nitrogens is 3. The minimum absolute atomic E-state index is 0.0171. The number of nitrogens with one attached hydrogen (secondary N) is 1. The molecule has 4 heterocycles. The van der Waals surface area contributed by atoms with E-state index in [-0.39, 0.29) is 30.3 Å². The van der Waals surface area contributed by atoms with Gasteiger partial charge in [-0.2, -0.15) is 5.10 Å². The third-order valence-electron chi connectivity index (χ3n) is 9.14. The van der Waals surface area contributed by atoms with Crippen molar-refractivity contribution in [1.29, 1.82) is 0 Å². The highest BCUT2D eigenvalue weighted by molar-refractivity contribution is 5.96. The smallest absolute Gasteiger partial charge is 0.229 e. The normalized spacial score (nSPS) is 30.6. The number of carbonyl (C=O) groups excluding carboxylic acids is 1. The summed E-state index contributed by atoms with van der Waals surface area (Å²) in [5, 5.41) is 9.47. The quantitative estimate of drug-likeness (QED) is 0.550. The van der Waals surface area contributed by atoms with Crippen molar-refractivity contribution in [3.8, 4) is 0 Å². The summed E-state index contributed by atoms with van der Waals surface area (Å²) in [6.45, 7) is 8.69. The first-order valence-electron chi connectivity index (χ1n) is 13.4. The van der Waals surface area contributed by atoms with Gasteiger partial charge in [-0.05, 0) is 85.8 Å². The molecule has 5 atom stereocenters. The van der Waals surface area contributed by atoms with Crippen LogP contribution in [-0.4, -0.2) is 63.6 Å². The van der Waals surface area contributed by atoms with E-state index in [0.29, 0.717) is 18.3 Å². The predicted octanol–water partition coefficient (Wildman–Crippen LogP) is 4.57. The molecule has 1 aromatic carbocycles. The molecule has 2 saturated heterocycles. The Bertz CT molecular complexity index is 1330. The Morgan fingerprint density at radius 3 is 2.65 bits per heavy atom. The van der Waals surface area contributed by atoms with Crippen molar-refractivity contribution in [2.75, 3.05) is 31.6 Å². The molecule has 0 bridgehead atoms. The number of halogens is 1. The van der Waals surface area contributed by atoms with Gasteiger partial charge < -0.3 is 10.1 Å². The topological polar surface area (TPSA) is 72.3 Å². The molecule has 3 fully saturated rings. The van der Waals surface area contributed by atoms with Gasteiger partial charge in [0.25, 0.3) is 0 Å². The largest absolute Gasteiger partial charge is 0.376 e. The van der Waals surface area contributed by atoms with Crippen LogP contribution in [0.25, 0.3) is 10.8 Å². The van der Waals surface area contributed by atoms with E-state index in [1.807, 2.05) is 38.6 Å². The summed E-state index contributed by atoms with van der Waals surface area (Å²) >= 11 is 0. The van der Waals surface area contributed by atoms with Crippen LogP contribution in [0.4, 0.5) is 10.2 Å². The van der Waals surface area contributed by atoms with Crippen molar-refractivity contribution in [3.05, 3.63) is 53.5 Å². The number of amides is 1. The molecule has 0 unspecified atom stereocenters. The van der Waals surface area contributed by atoms with Crippen LogP contribution < -0.4 is 5.32 Å². The first kappa shape index (κ1) is 24.5. The third kappa shape index (κ3) is 4.34. The predicted molar refractivity (Wildman–Crippen MR) is 141 cm³/mol. The summed E-state index contributed by atoms with van der Waals surface area (Å²) in [7, 11) is 1.90. The van der Waals surface area contributed by atoms with Gasteiger partial charge in [0, 0.05) is 36.7 Å². The zero-order valence-electron chi connectivity index (χ0n) is 22.1. The number of pyridine rings is 1. The molecule has 1 amide bonds. The summed E-state index contributed by atoms with van der Waals surface area (Å²) in [5.74, 6) is 1.48. The van der Waals surface area contributed by atoms with Gasteiger partial charge in [0.1, 0.15) is 12.0 Å². The molecule has 0 spiro atoms. The van der Waals surface area contributed by atoms with Crippen molar-refractivity contribution >= 4 is 22.5 Å². The van der Waals surface area contributed by atoms with E-state index in [2.05, 4.69) is 46.3 Å². The third-order valence-corrected chi connectivity index (χ3v) is 9.14. The van der Waals surface area contributed by atoms with Crippen LogP contribution in [0.15, 0.2) is 36.8 Å². The summed E-state index contributed by atoms with van der Waals surface area (Å²) in [6, 6.07) is 6.45. The number of benzene rings is 1. The zero-order chi connectivity index (χ0) is 25.9. The number of carbonyl (C=O) groups is 1. The molecule has 3 aliphatic rings. The Labute approximate surface area is 217 Å². The molecule has 1 aliphatic carbocycles. The van der Waals surface area contributed by atoms with Crippen molar-refractivity contribution in [2.24, 2.45) is 18.9 Å². The fourth-order valence-electron chi connectivity index (χ4n) is 6.66. The number of piperidine rings is 1. The van der Waals surface area contributed by atoms with E-state index in [4.69, 9.17) is 4.74 Å². The van der Waals surface area contributed by atoms with Crippen LogP contribution in [0.1, 0.15) is 55.2 Å². The number of nitrogens with zero attached hydrogens (tertiary/aromatic N) is 4. The van der Waals surface area contributed by atoms with Gasteiger partial charge in [-0.3, -0.25) is 14.4 Å². The van der Waals surface area contributed by atoms with Gasteiger partial charge in [-0.25, -0.2) is 9.37 Å². The lowest BCUT2D eigenvalue weighted by Gasteiger charge is -2.43. The minimum atomic E-state index is -0.925. The number of likely N-dealkylation sites (tertiary alicyclic amines) is 1. The molecule has 37 heavy (non-hydrogen) atoms. The van der Waals surface area contributed by atoms with Crippen LogP contribution in [0.2, 0.25) is 0 Å². The van der Waals surface area contributed by atoms with E-state index in [0.717, 1.165) is 42.3 Å². The Hall–Kier alpha value is -2.84. The second-order valence-electron chi connectivity index (χ2n) is 11.6. The lowest BCUT2D eigenvalue weighted by molar-refractivity contribution is -0.117. The van der Waals surface area contributed by atoms with Crippen LogP contribution in [0, 0.1) is 18.8 Å².